The molecule has 0 aliphatic carbocycles. The van der Waals surface area contributed by atoms with E-state index in [0.717, 1.165) is 5.56 Å². The van der Waals surface area contributed by atoms with E-state index in [9.17, 15) is 0 Å². The summed E-state index contributed by atoms with van der Waals surface area (Å²) in [6.45, 7) is 6.72. The van der Waals surface area contributed by atoms with Gasteiger partial charge < -0.3 is 9.26 Å². The second-order valence-electron chi connectivity index (χ2n) is 2.66. The maximum Gasteiger partial charge on any atom is 0.257 e. The van der Waals surface area contributed by atoms with E-state index < -0.39 is 0 Å². The van der Waals surface area contributed by atoms with E-state index in [4.69, 9.17) is 9.26 Å². The third-order valence-electron chi connectivity index (χ3n) is 1.47. The third kappa shape index (κ3) is 1.73. The minimum absolute atomic E-state index is 0.405. The zero-order valence-corrected chi connectivity index (χ0v) is 7.13. The SMILES string of the molecule is CCOc1nocc1C(C)C. The molecule has 0 atom stereocenters. The topological polar surface area (TPSA) is 35.3 Å². The minimum atomic E-state index is 0.405. The monoisotopic (exact) mass is 155 g/mol. The molecule has 0 aromatic carbocycles. The van der Waals surface area contributed by atoms with Gasteiger partial charge in [-0.05, 0) is 18.0 Å². The second-order valence-corrected chi connectivity index (χ2v) is 2.66. The summed E-state index contributed by atoms with van der Waals surface area (Å²) in [7, 11) is 0. The molecule has 0 aliphatic rings. The van der Waals surface area contributed by atoms with Crippen LogP contribution in [0.3, 0.4) is 0 Å². The van der Waals surface area contributed by atoms with Crippen LogP contribution in [0.25, 0.3) is 0 Å². The maximum atomic E-state index is 5.23. The lowest BCUT2D eigenvalue weighted by Gasteiger charge is -2.02. The van der Waals surface area contributed by atoms with Crippen LogP contribution in [-0.4, -0.2) is 11.8 Å². The number of rotatable bonds is 3. The van der Waals surface area contributed by atoms with Gasteiger partial charge in [-0.3, -0.25) is 0 Å². The van der Waals surface area contributed by atoms with Crippen LogP contribution in [0.15, 0.2) is 10.8 Å². The molecule has 0 amide bonds. The molecule has 0 saturated carbocycles. The Bertz CT molecular complexity index is 218. The average molecular weight is 155 g/mol. The first-order chi connectivity index (χ1) is 5.25. The molecule has 0 fully saturated rings. The molecule has 11 heavy (non-hydrogen) atoms. The Morgan fingerprint density at radius 1 is 1.64 bits per heavy atom. The van der Waals surface area contributed by atoms with Crippen molar-refractivity contribution in [2.45, 2.75) is 26.7 Å². The lowest BCUT2D eigenvalue weighted by molar-refractivity contribution is 0.293. The van der Waals surface area contributed by atoms with Gasteiger partial charge >= 0.3 is 0 Å². The van der Waals surface area contributed by atoms with Crippen LogP contribution in [0.1, 0.15) is 32.3 Å². The van der Waals surface area contributed by atoms with Crippen molar-refractivity contribution < 1.29 is 9.26 Å². The highest BCUT2D eigenvalue weighted by Gasteiger charge is 2.11. The van der Waals surface area contributed by atoms with Crippen molar-refractivity contribution in [2.24, 2.45) is 0 Å². The lowest BCUT2D eigenvalue weighted by Crippen LogP contribution is -1.95. The minimum Gasteiger partial charge on any atom is -0.476 e. The van der Waals surface area contributed by atoms with Gasteiger partial charge in [0.05, 0.1) is 12.2 Å². The molecule has 0 radical (unpaired) electrons. The van der Waals surface area contributed by atoms with E-state index in [0.29, 0.717) is 18.4 Å². The summed E-state index contributed by atoms with van der Waals surface area (Å²) in [4.78, 5) is 0. The summed E-state index contributed by atoms with van der Waals surface area (Å²) in [5.74, 6) is 1.03. The van der Waals surface area contributed by atoms with Crippen LogP contribution in [0, 0.1) is 0 Å². The van der Waals surface area contributed by atoms with E-state index in [-0.39, 0.29) is 0 Å². The van der Waals surface area contributed by atoms with Crippen molar-refractivity contribution >= 4 is 0 Å². The fourth-order valence-electron chi connectivity index (χ4n) is 0.864. The Morgan fingerprint density at radius 3 is 2.91 bits per heavy atom. The number of hydrogen-bond acceptors (Lipinski definition) is 3. The molecule has 3 nitrogen and oxygen atoms in total. The predicted octanol–water partition coefficient (Wildman–Crippen LogP) is 2.20. The Morgan fingerprint density at radius 2 is 2.36 bits per heavy atom. The van der Waals surface area contributed by atoms with E-state index >= 15 is 0 Å². The van der Waals surface area contributed by atoms with Gasteiger partial charge in [-0.25, -0.2) is 0 Å². The smallest absolute Gasteiger partial charge is 0.257 e. The van der Waals surface area contributed by atoms with Gasteiger partial charge in [-0.2, -0.15) is 0 Å². The van der Waals surface area contributed by atoms with E-state index in [1.165, 1.54) is 0 Å². The molecule has 0 saturated heterocycles. The molecule has 0 N–H and O–H groups in total. The fourth-order valence-corrected chi connectivity index (χ4v) is 0.864. The van der Waals surface area contributed by atoms with Gasteiger partial charge in [0.2, 0.25) is 0 Å². The Kier molecular flexibility index (Phi) is 2.52. The Balaban J connectivity index is 2.78. The van der Waals surface area contributed by atoms with E-state index in [1.807, 2.05) is 6.92 Å². The van der Waals surface area contributed by atoms with Crippen molar-refractivity contribution in [1.82, 2.24) is 5.16 Å². The number of ether oxygens (including phenoxy) is 1. The predicted molar refractivity (Wildman–Crippen MR) is 41.8 cm³/mol. The van der Waals surface area contributed by atoms with Gasteiger partial charge in [0, 0.05) is 0 Å². The molecule has 3 heteroatoms. The lowest BCUT2D eigenvalue weighted by atomic mass is 10.1. The van der Waals surface area contributed by atoms with Crippen molar-refractivity contribution in [3.63, 3.8) is 0 Å². The zero-order chi connectivity index (χ0) is 8.27. The van der Waals surface area contributed by atoms with Crippen LogP contribution in [0.4, 0.5) is 0 Å². The quantitative estimate of drug-likeness (QED) is 0.671. The van der Waals surface area contributed by atoms with Gasteiger partial charge in [-0.15, -0.1) is 0 Å². The number of aromatic nitrogens is 1. The summed E-state index contributed by atoms with van der Waals surface area (Å²) in [5.41, 5.74) is 1.03. The molecular formula is C8H13NO2. The molecule has 0 bridgehead atoms. The van der Waals surface area contributed by atoms with Crippen LogP contribution in [0.2, 0.25) is 0 Å². The standard InChI is InChI=1S/C8H13NO2/c1-4-10-8-7(6(2)3)5-11-9-8/h5-6H,4H2,1-3H3. The summed E-state index contributed by atoms with van der Waals surface area (Å²) in [6.07, 6.45) is 1.63. The van der Waals surface area contributed by atoms with Crippen LogP contribution in [-0.2, 0) is 0 Å². The summed E-state index contributed by atoms with van der Waals surface area (Å²) in [5, 5.41) is 3.73. The third-order valence-corrected chi connectivity index (χ3v) is 1.47. The van der Waals surface area contributed by atoms with Crippen molar-refractivity contribution in [2.75, 3.05) is 6.61 Å². The molecule has 1 aromatic rings. The van der Waals surface area contributed by atoms with E-state index in [2.05, 4.69) is 19.0 Å². The second kappa shape index (κ2) is 3.42. The van der Waals surface area contributed by atoms with Crippen LogP contribution < -0.4 is 4.74 Å². The Hall–Kier alpha value is -0.990. The highest BCUT2D eigenvalue weighted by atomic mass is 16.5. The molecule has 1 rings (SSSR count). The summed E-state index contributed by atoms with van der Waals surface area (Å²) < 4.78 is 10.0. The first-order valence-corrected chi connectivity index (χ1v) is 3.82. The van der Waals surface area contributed by atoms with Crippen molar-refractivity contribution in [3.8, 4) is 5.88 Å². The highest BCUT2D eigenvalue weighted by Crippen LogP contribution is 2.24. The normalized spacial score (nSPS) is 10.5. The Labute approximate surface area is 66.3 Å². The van der Waals surface area contributed by atoms with Gasteiger partial charge in [0.1, 0.15) is 6.26 Å². The largest absolute Gasteiger partial charge is 0.476 e. The molecule has 0 spiro atoms. The first-order valence-electron chi connectivity index (χ1n) is 3.82. The van der Waals surface area contributed by atoms with Crippen LogP contribution in [0.5, 0.6) is 5.88 Å². The number of hydrogen-bond donors (Lipinski definition) is 0. The molecular weight excluding hydrogens is 142 g/mol. The summed E-state index contributed by atoms with van der Waals surface area (Å²) >= 11 is 0. The molecule has 1 heterocycles. The molecule has 0 unspecified atom stereocenters. The van der Waals surface area contributed by atoms with Gasteiger partial charge in [-0.1, -0.05) is 13.8 Å². The average Bonchev–Trinajstić information content (AvgIpc) is 2.36. The van der Waals surface area contributed by atoms with Crippen LogP contribution >= 0.6 is 0 Å². The zero-order valence-electron chi connectivity index (χ0n) is 7.13. The molecule has 1 aromatic heterocycles. The van der Waals surface area contributed by atoms with Crippen molar-refractivity contribution in [3.05, 3.63) is 11.8 Å². The summed E-state index contributed by atoms with van der Waals surface area (Å²) in [6, 6.07) is 0. The van der Waals surface area contributed by atoms with Gasteiger partial charge in [0.15, 0.2) is 0 Å². The number of nitrogens with zero attached hydrogens (tertiary/aromatic N) is 1. The fraction of sp³-hybridized carbons (Fsp3) is 0.625. The maximum absolute atomic E-state index is 5.23. The van der Waals surface area contributed by atoms with Crippen molar-refractivity contribution in [1.29, 1.82) is 0 Å². The van der Waals surface area contributed by atoms with E-state index in [1.54, 1.807) is 6.26 Å². The van der Waals surface area contributed by atoms with Gasteiger partial charge in [0.25, 0.3) is 5.88 Å². The highest BCUT2D eigenvalue weighted by molar-refractivity contribution is 5.24. The molecule has 0 aliphatic heterocycles. The molecule has 62 valence electrons. The first kappa shape index (κ1) is 8.11.